The van der Waals surface area contributed by atoms with E-state index in [1.165, 1.54) is 18.3 Å². The van der Waals surface area contributed by atoms with Gasteiger partial charge >= 0.3 is 5.97 Å². The number of carbonyl (C=O) groups is 2. The highest BCUT2D eigenvalue weighted by Gasteiger charge is 2.20. The van der Waals surface area contributed by atoms with Crippen LogP contribution in [0.2, 0.25) is 0 Å². The molecule has 1 amide bonds. The first-order chi connectivity index (χ1) is 12.6. The molecule has 0 aliphatic heterocycles. The first-order valence-electron chi connectivity index (χ1n) is 7.89. The molecule has 26 heavy (non-hydrogen) atoms. The van der Waals surface area contributed by atoms with Crippen molar-refractivity contribution < 1.29 is 18.7 Å². The van der Waals surface area contributed by atoms with E-state index in [-0.39, 0.29) is 12.8 Å². The van der Waals surface area contributed by atoms with Crippen molar-refractivity contribution in [2.45, 2.75) is 25.9 Å². The highest BCUT2D eigenvalue weighted by Crippen LogP contribution is 2.22. The van der Waals surface area contributed by atoms with E-state index >= 15 is 0 Å². The van der Waals surface area contributed by atoms with Gasteiger partial charge in [0, 0.05) is 6.42 Å². The van der Waals surface area contributed by atoms with Crippen molar-refractivity contribution >= 4 is 39.3 Å². The van der Waals surface area contributed by atoms with Crippen molar-refractivity contribution in [3.05, 3.63) is 47.2 Å². The third-order valence-electron chi connectivity index (χ3n) is 3.58. The Hall–Kier alpha value is -3.18. The molecule has 0 spiro atoms. The van der Waals surface area contributed by atoms with E-state index in [0.717, 1.165) is 5.52 Å². The van der Waals surface area contributed by atoms with E-state index in [4.69, 9.17) is 14.4 Å². The number of hydrogen-bond donors (Lipinski definition) is 1. The zero-order valence-electron chi connectivity index (χ0n) is 13.9. The van der Waals surface area contributed by atoms with Crippen LogP contribution in [0.1, 0.15) is 24.8 Å². The fraction of sp³-hybridized carbons (Fsp3) is 0.222. The number of hydrogen-bond acceptors (Lipinski definition) is 7. The van der Waals surface area contributed by atoms with Crippen molar-refractivity contribution in [1.29, 1.82) is 5.26 Å². The summed E-state index contributed by atoms with van der Waals surface area (Å²) >= 11 is 1.23. The number of thiophene rings is 1. The van der Waals surface area contributed by atoms with Gasteiger partial charge in [-0.25, -0.2) is 4.98 Å². The molecule has 3 aromatic rings. The zero-order chi connectivity index (χ0) is 18.5. The fourth-order valence-corrected chi connectivity index (χ4v) is 2.99. The summed E-state index contributed by atoms with van der Waals surface area (Å²) in [5.41, 5.74) is 1.76. The van der Waals surface area contributed by atoms with Gasteiger partial charge in [0.15, 0.2) is 17.6 Å². The molecular weight excluding hydrogens is 354 g/mol. The molecule has 7 nitrogen and oxygen atoms in total. The van der Waals surface area contributed by atoms with Gasteiger partial charge in [0.25, 0.3) is 5.91 Å². The summed E-state index contributed by atoms with van der Waals surface area (Å²) in [7, 11) is 0. The number of anilines is 1. The van der Waals surface area contributed by atoms with Crippen LogP contribution in [-0.4, -0.2) is 23.0 Å². The number of rotatable bonds is 6. The number of nitrogens with one attached hydrogen (secondary N) is 1. The summed E-state index contributed by atoms with van der Waals surface area (Å²) in [6, 6.07) is 10.9. The molecule has 0 radical (unpaired) electrons. The number of oxazole rings is 1. The largest absolute Gasteiger partial charge is 0.453 e. The van der Waals surface area contributed by atoms with E-state index in [9.17, 15) is 9.59 Å². The average molecular weight is 369 g/mol. The molecule has 0 saturated heterocycles. The average Bonchev–Trinajstić information content (AvgIpc) is 3.25. The number of amides is 1. The second-order valence-electron chi connectivity index (χ2n) is 5.47. The Morgan fingerprint density at radius 2 is 2.19 bits per heavy atom. The predicted octanol–water partition coefficient (Wildman–Crippen LogP) is 3.26. The number of nitriles is 1. The second-order valence-corrected chi connectivity index (χ2v) is 6.39. The Balaban J connectivity index is 1.50. The quantitative estimate of drug-likeness (QED) is 0.669. The zero-order valence-corrected chi connectivity index (χ0v) is 14.7. The summed E-state index contributed by atoms with van der Waals surface area (Å²) < 4.78 is 10.7. The van der Waals surface area contributed by atoms with Crippen molar-refractivity contribution in [3.63, 3.8) is 0 Å². The summed E-state index contributed by atoms with van der Waals surface area (Å²) in [4.78, 5) is 28.3. The Kier molecular flexibility index (Phi) is 5.29. The number of carbonyl (C=O) groups excluding carboxylic acids is 2. The van der Waals surface area contributed by atoms with Gasteiger partial charge in [0.1, 0.15) is 16.6 Å². The van der Waals surface area contributed by atoms with Crippen LogP contribution in [-0.2, 0) is 20.7 Å². The lowest BCUT2D eigenvalue weighted by Gasteiger charge is -2.12. The molecule has 1 aromatic carbocycles. The lowest BCUT2D eigenvalue weighted by molar-refractivity contribution is -0.153. The molecule has 132 valence electrons. The third kappa shape index (κ3) is 4.07. The number of para-hydroxylation sites is 2. The number of fused-ring (bicyclic) bond motifs is 1. The van der Waals surface area contributed by atoms with Crippen molar-refractivity contribution in [1.82, 2.24) is 4.98 Å². The number of esters is 1. The van der Waals surface area contributed by atoms with Crippen LogP contribution >= 0.6 is 11.3 Å². The summed E-state index contributed by atoms with van der Waals surface area (Å²) in [6.45, 7) is 1.48. The Labute approximate surface area is 153 Å². The van der Waals surface area contributed by atoms with Crippen LogP contribution in [0.25, 0.3) is 11.1 Å². The predicted molar refractivity (Wildman–Crippen MR) is 95.5 cm³/mol. The molecule has 2 aromatic heterocycles. The number of nitrogens with zero attached hydrogens (tertiary/aromatic N) is 2. The number of aromatic nitrogens is 1. The van der Waals surface area contributed by atoms with Gasteiger partial charge < -0.3 is 14.5 Å². The molecule has 0 saturated carbocycles. The van der Waals surface area contributed by atoms with E-state index in [1.54, 1.807) is 17.5 Å². The van der Waals surface area contributed by atoms with Crippen LogP contribution in [0, 0.1) is 11.3 Å². The van der Waals surface area contributed by atoms with Crippen molar-refractivity contribution in [2.75, 3.05) is 5.32 Å². The maximum atomic E-state index is 12.1. The van der Waals surface area contributed by atoms with E-state index in [0.29, 0.717) is 22.0 Å². The summed E-state index contributed by atoms with van der Waals surface area (Å²) in [5, 5.41) is 13.7. The number of aryl methyl sites for hydroxylation is 1. The molecule has 1 atom stereocenters. The van der Waals surface area contributed by atoms with Crippen molar-refractivity contribution in [2.24, 2.45) is 0 Å². The Morgan fingerprint density at radius 1 is 1.38 bits per heavy atom. The SMILES string of the molecule is C[C@H](OC(=O)CCc1nc2ccccc2o1)C(=O)Nc1sccc1C#N. The molecule has 1 N–H and O–H groups in total. The molecule has 0 aliphatic rings. The lowest BCUT2D eigenvalue weighted by atomic mass is 10.3. The molecule has 8 heteroatoms. The van der Waals surface area contributed by atoms with Gasteiger partial charge in [-0.2, -0.15) is 5.26 Å². The monoisotopic (exact) mass is 369 g/mol. The van der Waals surface area contributed by atoms with Crippen LogP contribution in [0.4, 0.5) is 5.00 Å². The van der Waals surface area contributed by atoms with Gasteiger partial charge in [0.05, 0.1) is 12.0 Å². The minimum absolute atomic E-state index is 0.0485. The van der Waals surface area contributed by atoms with Crippen LogP contribution in [0.5, 0.6) is 0 Å². The second kappa shape index (κ2) is 7.80. The summed E-state index contributed by atoms with van der Waals surface area (Å²) in [6.07, 6.45) is -0.641. The maximum Gasteiger partial charge on any atom is 0.307 e. The highest BCUT2D eigenvalue weighted by molar-refractivity contribution is 7.14. The van der Waals surface area contributed by atoms with Gasteiger partial charge in [-0.3, -0.25) is 9.59 Å². The van der Waals surface area contributed by atoms with E-state index in [2.05, 4.69) is 10.3 Å². The maximum absolute atomic E-state index is 12.1. The van der Waals surface area contributed by atoms with Gasteiger partial charge in [-0.05, 0) is 30.5 Å². The molecule has 0 fully saturated rings. The molecule has 0 bridgehead atoms. The smallest absolute Gasteiger partial charge is 0.307 e. The van der Waals surface area contributed by atoms with Crippen molar-refractivity contribution in [3.8, 4) is 6.07 Å². The first-order valence-corrected chi connectivity index (χ1v) is 8.77. The van der Waals surface area contributed by atoms with E-state index in [1.807, 2.05) is 24.3 Å². The number of ether oxygens (including phenoxy) is 1. The standard InChI is InChI=1S/C18H15N3O4S/c1-11(17(23)21-18-12(10-19)8-9-26-18)24-16(22)7-6-15-20-13-4-2-3-5-14(13)25-15/h2-5,8-9,11H,6-7H2,1H3,(H,21,23)/t11-/m0/s1. The van der Waals surface area contributed by atoms with Gasteiger partial charge in [-0.1, -0.05) is 12.1 Å². The topological polar surface area (TPSA) is 105 Å². The third-order valence-corrected chi connectivity index (χ3v) is 4.41. The molecule has 2 heterocycles. The molecule has 0 aliphatic carbocycles. The van der Waals surface area contributed by atoms with Crippen LogP contribution < -0.4 is 5.32 Å². The molecule has 3 rings (SSSR count). The van der Waals surface area contributed by atoms with Gasteiger partial charge in [0.2, 0.25) is 0 Å². The van der Waals surface area contributed by atoms with Crippen LogP contribution in [0.15, 0.2) is 40.1 Å². The number of benzene rings is 1. The Bertz CT molecular complexity index is 953. The highest BCUT2D eigenvalue weighted by atomic mass is 32.1. The molecule has 0 unspecified atom stereocenters. The molecular formula is C18H15N3O4S. The van der Waals surface area contributed by atoms with Crippen LogP contribution in [0.3, 0.4) is 0 Å². The minimum Gasteiger partial charge on any atom is -0.453 e. The van der Waals surface area contributed by atoms with Gasteiger partial charge in [-0.15, -0.1) is 11.3 Å². The van der Waals surface area contributed by atoms with E-state index < -0.39 is 18.0 Å². The summed E-state index contributed by atoms with van der Waals surface area (Å²) in [5.74, 6) is -0.571. The lowest BCUT2D eigenvalue weighted by Crippen LogP contribution is -2.30. The fourth-order valence-electron chi connectivity index (χ4n) is 2.25. The normalized spacial score (nSPS) is 11.7. The first kappa shape index (κ1) is 17.6. The minimum atomic E-state index is -0.972. The Morgan fingerprint density at radius 3 is 2.96 bits per heavy atom.